The Morgan fingerprint density at radius 1 is 1.35 bits per heavy atom. The van der Waals surface area contributed by atoms with Crippen molar-refractivity contribution in [2.75, 3.05) is 33.9 Å². The first-order chi connectivity index (χ1) is 9.54. The molecule has 0 aromatic heterocycles. The van der Waals surface area contributed by atoms with E-state index in [-0.39, 0.29) is 5.41 Å². The Morgan fingerprint density at radius 3 is 2.70 bits per heavy atom. The van der Waals surface area contributed by atoms with E-state index in [1.807, 2.05) is 12.1 Å². The number of ether oxygens (including phenoxy) is 2. The fourth-order valence-electron chi connectivity index (χ4n) is 2.24. The summed E-state index contributed by atoms with van der Waals surface area (Å²) in [6, 6.07) is 6.30. The van der Waals surface area contributed by atoms with Crippen LogP contribution in [0.3, 0.4) is 0 Å². The third-order valence-electron chi connectivity index (χ3n) is 3.53. The first kappa shape index (κ1) is 16.7. The number of methoxy groups -OCH3 is 2. The van der Waals surface area contributed by atoms with Gasteiger partial charge in [-0.15, -0.1) is 6.58 Å². The maximum atomic E-state index is 5.46. The minimum Gasteiger partial charge on any atom is -0.496 e. The quantitative estimate of drug-likeness (QED) is 0.556. The molecular weight excluding hydrogens is 250 g/mol. The zero-order chi connectivity index (χ0) is 15.0. The Kier molecular flexibility index (Phi) is 6.76. The lowest BCUT2D eigenvalue weighted by atomic mass is 9.83. The Morgan fingerprint density at radius 2 is 2.10 bits per heavy atom. The maximum Gasteiger partial charge on any atom is 0.122 e. The highest BCUT2D eigenvalue weighted by molar-refractivity contribution is 5.38. The fraction of sp³-hybridized carbons (Fsp3) is 0.529. The molecule has 20 heavy (non-hydrogen) atoms. The molecule has 1 aromatic carbocycles. The molecule has 0 fully saturated rings. The van der Waals surface area contributed by atoms with Crippen molar-refractivity contribution in [1.82, 2.24) is 5.32 Å². The summed E-state index contributed by atoms with van der Waals surface area (Å²) in [5.41, 5.74) is 2.47. The van der Waals surface area contributed by atoms with Crippen LogP contribution in [0.1, 0.15) is 18.1 Å². The monoisotopic (exact) mass is 277 g/mol. The summed E-state index contributed by atoms with van der Waals surface area (Å²) < 4.78 is 10.5. The molecule has 3 heteroatoms. The van der Waals surface area contributed by atoms with Gasteiger partial charge < -0.3 is 14.8 Å². The van der Waals surface area contributed by atoms with E-state index in [1.54, 1.807) is 14.2 Å². The largest absolute Gasteiger partial charge is 0.496 e. The van der Waals surface area contributed by atoms with Gasteiger partial charge in [0.2, 0.25) is 0 Å². The minimum atomic E-state index is -0.00514. The summed E-state index contributed by atoms with van der Waals surface area (Å²) in [6.07, 6.45) is 2.93. The van der Waals surface area contributed by atoms with Crippen molar-refractivity contribution in [3.63, 3.8) is 0 Å². The predicted octanol–water partition coefficient (Wildman–Crippen LogP) is 2.97. The smallest absolute Gasteiger partial charge is 0.122 e. The summed E-state index contributed by atoms with van der Waals surface area (Å²) in [6.45, 7) is 10.8. The van der Waals surface area contributed by atoms with Crippen LogP contribution in [-0.2, 0) is 11.2 Å². The van der Waals surface area contributed by atoms with E-state index >= 15 is 0 Å². The topological polar surface area (TPSA) is 30.5 Å². The second-order valence-corrected chi connectivity index (χ2v) is 5.52. The van der Waals surface area contributed by atoms with Crippen LogP contribution in [0, 0.1) is 12.3 Å². The van der Waals surface area contributed by atoms with Gasteiger partial charge >= 0.3 is 0 Å². The van der Waals surface area contributed by atoms with Crippen LogP contribution in [0.4, 0.5) is 0 Å². The van der Waals surface area contributed by atoms with Gasteiger partial charge in [-0.1, -0.05) is 30.7 Å². The molecule has 0 saturated carbocycles. The number of hydrogen-bond donors (Lipinski definition) is 1. The molecule has 3 nitrogen and oxygen atoms in total. The van der Waals surface area contributed by atoms with Crippen LogP contribution in [0.25, 0.3) is 0 Å². The average Bonchev–Trinajstić information content (AvgIpc) is 2.44. The molecule has 0 amide bonds. The van der Waals surface area contributed by atoms with E-state index in [9.17, 15) is 0 Å². The highest BCUT2D eigenvalue weighted by Gasteiger charge is 2.22. The van der Waals surface area contributed by atoms with E-state index in [0.29, 0.717) is 0 Å². The molecule has 0 aliphatic rings. The summed E-state index contributed by atoms with van der Waals surface area (Å²) in [4.78, 5) is 0. The highest BCUT2D eigenvalue weighted by atomic mass is 16.5. The summed E-state index contributed by atoms with van der Waals surface area (Å²) in [5.74, 6) is 0.945. The fourth-order valence-corrected chi connectivity index (χ4v) is 2.24. The molecule has 1 atom stereocenters. The lowest BCUT2D eigenvalue weighted by molar-refractivity contribution is 0.195. The number of hydrogen-bond acceptors (Lipinski definition) is 3. The van der Waals surface area contributed by atoms with Crippen LogP contribution < -0.4 is 10.1 Å². The van der Waals surface area contributed by atoms with Crippen molar-refractivity contribution in [2.24, 2.45) is 5.41 Å². The van der Waals surface area contributed by atoms with E-state index in [1.165, 1.54) is 11.1 Å². The van der Waals surface area contributed by atoms with Gasteiger partial charge in [-0.3, -0.25) is 0 Å². The van der Waals surface area contributed by atoms with E-state index in [0.717, 1.165) is 31.9 Å². The summed E-state index contributed by atoms with van der Waals surface area (Å²) >= 11 is 0. The molecule has 1 rings (SSSR count). The normalized spacial score (nSPS) is 13.8. The van der Waals surface area contributed by atoms with Crippen molar-refractivity contribution in [3.05, 3.63) is 42.0 Å². The molecule has 0 radical (unpaired) electrons. The van der Waals surface area contributed by atoms with Gasteiger partial charge in [0.25, 0.3) is 0 Å². The van der Waals surface area contributed by atoms with Crippen molar-refractivity contribution in [1.29, 1.82) is 0 Å². The van der Waals surface area contributed by atoms with Crippen LogP contribution in [0.2, 0.25) is 0 Å². The number of benzene rings is 1. The molecule has 0 heterocycles. The SMILES string of the molecule is C=CC(C)(CNCCOC)Cc1cc(C)ccc1OC. The average molecular weight is 277 g/mol. The highest BCUT2D eigenvalue weighted by Crippen LogP contribution is 2.29. The van der Waals surface area contributed by atoms with Crippen LogP contribution in [0.5, 0.6) is 5.75 Å². The Labute approximate surface area is 123 Å². The third-order valence-corrected chi connectivity index (χ3v) is 3.53. The summed E-state index contributed by atoms with van der Waals surface area (Å²) in [7, 11) is 3.43. The molecule has 0 spiro atoms. The van der Waals surface area contributed by atoms with E-state index in [4.69, 9.17) is 9.47 Å². The molecule has 0 bridgehead atoms. The predicted molar refractivity (Wildman–Crippen MR) is 84.5 cm³/mol. The Balaban J connectivity index is 2.76. The van der Waals surface area contributed by atoms with Gasteiger partial charge in [0.15, 0.2) is 0 Å². The number of aryl methyl sites for hydroxylation is 1. The first-order valence-electron chi connectivity index (χ1n) is 7.01. The lowest BCUT2D eigenvalue weighted by Crippen LogP contribution is -2.34. The van der Waals surface area contributed by atoms with Gasteiger partial charge in [-0.25, -0.2) is 0 Å². The lowest BCUT2D eigenvalue weighted by Gasteiger charge is -2.27. The molecule has 0 saturated heterocycles. The third kappa shape index (κ3) is 4.99. The molecular formula is C17H27NO2. The van der Waals surface area contributed by atoms with Crippen molar-refractivity contribution in [3.8, 4) is 5.75 Å². The van der Waals surface area contributed by atoms with Crippen LogP contribution in [-0.4, -0.2) is 33.9 Å². The molecule has 112 valence electrons. The summed E-state index contributed by atoms with van der Waals surface area (Å²) in [5, 5.41) is 3.41. The maximum absolute atomic E-state index is 5.46. The van der Waals surface area contributed by atoms with E-state index in [2.05, 4.69) is 37.9 Å². The van der Waals surface area contributed by atoms with Gasteiger partial charge in [0.05, 0.1) is 13.7 Å². The minimum absolute atomic E-state index is 0.00514. The van der Waals surface area contributed by atoms with Crippen molar-refractivity contribution in [2.45, 2.75) is 20.3 Å². The van der Waals surface area contributed by atoms with Crippen molar-refractivity contribution >= 4 is 0 Å². The first-order valence-corrected chi connectivity index (χ1v) is 7.01. The van der Waals surface area contributed by atoms with E-state index < -0.39 is 0 Å². The Bertz CT molecular complexity index is 431. The molecule has 1 unspecified atom stereocenters. The molecule has 0 aliphatic carbocycles. The van der Waals surface area contributed by atoms with Gasteiger partial charge in [0, 0.05) is 25.6 Å². The van der Waals surface area contributed by atoms with Crippen LogP contribution in [0.15, 0.2) is 30.9 Å². The van der Waals surface area contributed by atoms with Gasteiger partial charge in [0.1, 0.15) is 5.75 Å². The molecule has 0 aliphatic heterocycles. The second-order valence-electron chi connectivity index (χ2n) is 5.52. The second kappa shape index (κ2) is 8.08. The molecule has 1 aromatic rings. The van der Waals surface area contributed by atoms with Crippen LogP contribution >= 0.6 is 0 Å². The number of rotatable bonds is 9. The molecule has 1 N–H and O–H groups in total. The zero-order valence-electron chi connectivity index (χ0n) is 13.2. The van der Waals surface area contributed by atoms with Crippen molar-refractivity contribution < 1.29 is 9.47 Å². The Hall–Kier alpha value is -1.32. The van der Waals surface area contributed by atoms with Gasteiger partial charge in [-0.05, 0) is 25.0 Å². The number of nitrogens with one attached hydrogen (secondary N) is 1. The standard InChI is InChI=1S/C17H27NO2/c1-6-17(3,13-18-9-10-19-4)12-15-11-14(2)7-8-16(15)20-5/h6-8,11,18H,1,9-10,12-13H2,2-5H3. The van der Waals surface area contributed by atoms with Gasteiger partial charge in [-0.2, -0.15) is 0 Å². The zero-order valence-corrected chi connectivity index (χ0v) is 13.2.